The molecule has 0 radical (unpaired) electrons. The van der Waals surface area contributed by atoms with Gasteiger partial charge in [-0.1, -0.05) is 0 Å². The third-order valence-corrected chi connectivity index (χ3v) is 1.34. The minimum atomic E-state index is -1.43. The van der Waals surface area contributed by atoms with Gasteiger partial charge in [0, 0.05) is 13.0 Å². The predicted molar refractivity (Wildman–Crippen MR) is 26.4 cm³/mol. The molecule has 1 N–H and O–H groups in total. The van der Waals surface area contributed by atoms with Crippen LogP contribution in [0.15, 0.2) is 0 Å². The minimum absolute atomic E-state index is 0.0590. The van der Waals surface area contributed by atoms with Crippen molar-refractivity contribution >= 4 is 0 Å². The molecule has 1 saturated heterocycles. The third kappa shape index (κ3) is 0.980. The molecule has 1 aliphatic rings. The highest BCUT2D eigenvalue weighted by Crippen LogP contribution is 2.21. The van der Waals surface area contributed by atoms with Crippen LogP contribution in [0.25, 0.3) is 0 Å². The SMILES string of the molecule is OC[C@@]1(F)CCOC1. The second-order valence-electron chi connectivity index (χ2n) is 2.11. The Balaban J connectivity index is 2.40. The smallest absolute Gasteiger partial charge is 0.159 e. The molecule has 48 valence electrons. The molecule has 8 heavy (non-hydrogen) atoms. The Morgan fingerprint density at radius 2 is 2.50 bits per heavy atom. The molecule has 3 heteroatoms. The van der Waals surface area contributed by atoms with Crippen LogP contribution in [0.2, 0.25) is 0 Å². The fourth-order valence-electron chi connectivity index (χ4n) is 0.707. The number of rotatable bonds is 1. The fraction of sp³-hybridized carbons (Fsp3) is 1.00. The van der Waals surface area contributed by atoms with Gasteiger partial charge in [-0.15, -0.1) is 0 Å². The van der Waals surface area contributed by atoms with Crippen molar-refractivity contribution in [3.63, 3.8) is 0 Å². The summed E-state index contributed by atoms with van der Waals surface area (Å²) in [5, 5.41) is 8.37. The van der Waals surface area contributed by atoms with Crippen LogP contribution in [0.3, 0.4) is 0 Å². The molecule has 1 aliphatic heterocycles. The Morgan fingerprint density at radius 3 is 2.75 bits per heavy atom. The zero-order chi connectivity index (χ0) is 6.04. The quantitative estimate of drug-likeness (QED) is 0.532. The van der Waals surface area contributed by atoms with E-state index >= 15 is 0 Å². The Labute approximate surface area is 47.3 Å². The summed E-state index contributed by atoms with van der Waals surface area (Å²) in [6.07, 6.45) is 0.337. The van der Waals surface area contributed by atoms with Crippen LogP contribution in [-0.4, -0.2) is 30.6 Å². The van der Waals surface area contributed by atoms with E-state index in [0.29, 0.717) is 13.0 Å². The van der Waals surface area contributed by atoms with Gasteiger partial charge < -0.3 is 9.84 Å². The van der Waals surface area contributed by atoms with Crippen LogP contribution in [0.5, 0.6) is 0 Å². The number of aliphatic hydroxyl groups is 1. The second kappa shape index (κ2) is 1.99. The topological polar surface area (TPSA) is 29.5 Å². The molecule has 0 spiro atoms. The average molecular weight is 120 g/mol. The first-order chi connectivity index (χ1) is 3.77. The summed E-state index contributed by atoms with van der Waals surface area (Å²) in [7, 11) is 0. The molecule has 1 heterocycles. The molecule has 0 unspecified atom stereocenters. The van der Waals surface area contributed by atoms with E-state index in [1.807, 2.05) is 0 Å². The molecule has 1 fully saturated rings. The van der Waals surface area contributed by atoms with Gasteiger partial charge in [-0.3, -0.25) is 0 Å². The Kier molecular flexibility index (Phi) is 1.49. The van der Waals surface area contributed by atoms with E-state index in [9.17, 15) is 4.39 Å². The number of halogens is 1. The molecule has 0 aromatic rings. The number of aliphatic hydroxyl groups excluding tert-OH is 1. The summed E-state index contributed by atoms with van der Waals surface area (Å²) < 4.78 is 17.4. The fourth-order valence-corrected chi connectivity index (χ4v) is 0.707. The summed E-state index contributed by atoms with van der Waals surface area (Å²) >= 11 is 0. The monoisotopic (exact) mass is 120 g/mol. The highest BCUT2D eigenvalue weighted by atomic mass is 19.1. The maximum atomic E-state index is 12.7. The van der Waals surface area contributed by atoms with Crippen LogP contribution in [-0.2, 0) is 4.74 Å². The number of alkyl halides is 1. The van der Waals surface area contributed by atoms with Crippen LogP contribution in [0.1, 0.15) is 6.42 Å². The van der Waals surface area contributed by atoms with Crippen LogP contribution in [0, 0.1) is 0 Å². The average Bonchev–Trinajstić information content (AvgIpc) is 2.17. The first-order valence-corrected chi connectivity index (χ1v) is 2.64. The molecule has 1 rings (SSSR count). The molecular formula is C5H9FO2. The lowest BCUT2D eigenvalue weighted by Gasteiger charge is -2.11. The lowest BCUT2D eigenvalue weighted by Crippen LogP contribution is -2.27. The van der Waals surface area contributed by atoms with Gasteiger partial charge in [0.25, 0.3) is 0 Å². The molecule has 1 atom stereocenters. The maximum absolute atomic E-state index is 12.7. The molecule has 0 aromatic carbocycles. The third-order valence-electron chi connectivity index (χ3n) is 1.34. The molecule has 0 aromatic heterocycles. The highest BCUT2D eigenvalue weighted by Gasteiger charge is 2.33. The van der Waals surface area contributed by atoms with E-state index in [4.69, 9.17) is 9.84 Å². The van der Waals surface area contributed by atoms with E-state index in [-0.39, 0.29) is 6.61 Å². The summed E-state index contributed by atoms with van der Waals surface area (Å²) in [6, 6.07) is 0. The van der Waals surface area contributed by atoms with Crippen LogP contribution >= 0.6 is 0 Å². The first-order valence-electron chi connectivity index (χ1n) is 2.64. The van der Waals surface area contributed by atoms with Crippen LogP contribution < -0.4 is 0 Å². The lowest BCUT2D eigenvalue weighted by molar-refractivity contribution is 0.0542. The van der Waals surface area contributed by atoms with Gasteiger partial charge in [0.1, 0.15) is 0 Å². The lowest BCUT2D eigenvalue weighted by atomic mass is 10.1. The normalized spacial score (nSPS) is 38.2. The maximum Gasteiger partial charge on any atom is 0.159 e. The van der Waals surface area contributed by atoms with E-state index in [2.05, 4.69) is 0 Å². The highest BCUT2D eigenvalue weighted by molar-refractivity contribution is 4.81. The van der Waals surface area contributed by atoms with E-state index in [1.165, 1.54) is 0 Å². The minimum Gasteiger partial charge on any atom is -0.393 e. The number of hydrogen-bond donors (Lipinski definition) is 1. The summed E-state index contributed by atoms with van der Waals surface area (Å²) in [5.41, 5.74) is -1.43. The van der Waals surface area contributed by atoms with Crippen molar-refractivity contribution in [1.82, 2.24) is 0 Å². The van der Waals surface area contributed by atoms with Gasteiger partial charge in [0.05, 0.1) is 13.2 Å². The Bertz CT molecular complexity index is 78.5. The van der Waals surface area contributed by atoms with Crippen molar-refractivity contribution in [2.45, 2.75) is 12.1 Å². The van der Waals surface area contributed by atoms with Crippen molar-refractivity contribution in [2.75, 3.05) is 19.8 Å². The Morgan fingerprint density at radius 1 is 1.75 bits per heavy atom. The van der Waals surface area contributed by atoms with Crippen molar-refractivity contribution in [3.8, 4) is 0 Å². The summed E-state index contributed by atoms with van der Waals surface area (Å²) in [5.74, 6) is 0. The molecule has 0 aliphatic carbocycles. The largest absolute Gasteiger partial charge is 0.393 e. The van der Waals surface area contributed by atoms with Gasteiger partial charge in [0.15, 0.2) is 5.67 Å². The van der Waals surface area contributed by atoms with Gasteiger partial charge in [-0.05, 0) is 0 Å². The van der Waals surface area contributed by atoms with Crippen molar-refractivity contribution in [1.29, 1.82) is 0 Å². The second-order valence-corrected chi connectivity index (χ2v) is 2.11. The van der Waals surface area contributed by atoms with Gasteiger partial charge >= 0.3 is 0 Å². The van der Waals surface area contributed by atoms with Gasteiger partial charge in [-0.25, -0.2) is 4.39 Å². The van der Waals surface area contributed by atoms with Crippen molar-refractivity contribution in [2.24, 2.45) is 0 Å². The predicted octanol–water partition coefficient (Wildman–Crippen LogP) is 0.107. The standard InChI is InChI=1S/C5H9FO2/c6-5(3-7)1-2-8-4-5/h7H,1-4H2/t5-/m0/s1. The molecule has 0 bridgehead atoms. The molecular weight excluding hydrogens is 111 g/mol. The molecule has 0 amide bonds. The Hall–Kier alpha value is -0.150. The van der Waals surface area contributed by atoms with Crippen molar-refractivity contribution in [3.05, 3.63) is 0 Å². The molecule has 2 nitrogen and oxygen atoms in total. The zero-order valence-electron chi connectivity index (χ0n) is 4.56. The zero-order valence-corrected chi connectivity index (χ0v) is 4.56. The summed E-state index contributed by atoms with van der Waals surface area (Å²) in [6.45, 7) is 0.0908. The van der Waals surface area contributed by atoms with Crippen LogP contribution in [0.4, 0.5) is 4.39 Å². The van der Waals surface area contributed by atoms with E-state index < -0.39 is 12.3 Å². The summed E-state index contributed by atoms with van der Waals surface area (Å²) in [4.78, 5) is 0. The number of hydrogen-bond acceptors (Lipinski definition) is 2. The van der Waals surface area contributed by atoms with E-state index in [1.54, 1.807) is 0 Å². The van der Waals surface area contributed by atoms with Crippen molar-refractivity contribution < 1.29 is 14.2 Å². The first kappa shape index (κ1) is 5.98. The van der Waals surface area contributed by atoms with E-state index in [0.717, 1.165) is 0 Å². The van der Waals surface area contributed by atoms with Gasteiger partial charge in [0.2, 0.25) is 0 Å². The molecule has 0 saturated carbocycles. The number of ether oxygens (including phenoxy) is 1. The van der Waals surface area contributed by atoms with Gasteiger partial charge in [-0.2, -0.15) is 0 Å².